The maximum absolute atomic E-state index is 12.5. The molecule has 1 aliphatic rings. The van der Waals surface area contributed by atoms with E-state index in [2.05, 4.69) is 20.7 Å². The molecule has 0 radical (unpaired) electrons. The number of hydrogen-bond donors (Lipinski definition) is 2. The largest absolute Gasteiger partial charge is 0.481 e. The summed E-state index contributed by atoms with van der Waals surface area (Å²) in [5.41, 5.74) is -0.0392. The van der Waals surface area contributed by atoms with Gasteiger partial charge in [-0.1, -0.05) is 28.8 Å². The lowest BCUT2D eigenvalue weighted by Crippen LogP contribution is -2.47. The molecule has 1 aromatic carbocycles. The highest BCUT2D eigenvalue weighted by molar-refractivity contribution is 9.10. The minimum Gasteiger partial charge on any atom is -0.481 e. The van der Waals surface area contributed by atoms with Crippen LogP contribution >= 0.6 is 15.9 Å². The van der Waals surface area contributed by atoms with Crippen LogP contribution < -0.4 is 4.72 Å². The SMILES string of the molecule is Cc1cc(S(=O)(=O)NC2(CC(=O)O)CCCC2)ccc1Br. The number of benzene rings is 1. The number of nitrogens with one attached hydrogen (secondary N) is 1. The molecule has 2 rings (SSSR count). The molecule has 0 aliphatic heterocycles. The second-order valence-electron chi connectivity index (χ2n) is 5.57. The third-order valence-electron chi connectivity index (χ3n) is 3.84. The van der Waals surface area contributed by atoms with Gasteiger partial charge in [0.1, 0.15) is 0 Å². The van der Waals surface area contributed by atoms with E-state index in [1.54, 1.807) is 12.1 Å². The second-order valence-corrected chi connectivity index (χ2v) is 8.11. The Labute approximate surface area is 132 Å². The number of carbonyl (C=O) groups is 1. The molecule has 7 heteroatoms. The zero-order valence-corrected chi connectivity index (χ0v) is 14.1. The molecular formula is C14H18BrNO4S. The van der Waals surface area contributed by atoms with Gasteiger partial charge in [-0.2, -0.15) is 0 Å². The zero-order valence-electron chi connectivity index (χ0n) is 11.7. The molecule has 5 nitrogen and oxygen atoms in total. The molecule has 1 fully saturated rings. The topological polar surface area (TPSA) is 83.5 Å². The molecule has 0 spiro atoms. The maximum Gasteiger partial charge on any atom is 0.305 e. The average Bonchev–Trinajstić information content (AvgIpc) is 2.78. The first-order chi connectivity index (χ1) is 9.74. The van der Waals surface area contributed by atoms with E-state index in [1.165, 1.54) is 6.07 Å². The second kappa shape index (κ2) is 6.06. The quantitative estimate of drug-likeness (QED) is 0.828. The number of rotatable bonds is 5. The van der Waals surface area contributed by atoms with Gasteiger partial charge in [0.05, 0.1) is 11.3 Å². The molecule has 0 saturated heterocycles. The summed E-state index contributed by atoms with van der Waals surface area (Å²) < 4.78 is 28.5. The normalized spacial score (nSPS) is 17.8. The number of carboxylic acid groups (broad SMARTS) is 1. The van der Waals surface area contributed by atoms with E-state index in [0.717, 1.165) is 22.9 Å². The molecule has 0 heterocycles. The van der Waals surface area contributed by atoms with Crippen molar-refractivity contribution in [1.29, 1.82) is 0 Å². The van der Waals surface area contributed by atoms with Gasteiger partial charge in [-0.15, -0.1) is 0 Å². The molecule has 0 amide bonds. The minimum atomic E-state index is -3.72. The summed E-state index contributed by atoms with van der Waals surface area (Å²) in [5.74, 6) is -0.980. The Kier molecular flexibility index (Phi) is 4.75. The molecular weight excluding hydrogens is 358 g/mol. The van der Waals surface area contributed by atoms with E-state index in [0.29, 0.717) is 12.8 Å². The molecule has 2 N–H and O–H groups in total. The lowest BCUT2D eigenvalue weighted by Gasteiger charge is -2.28. The smallest absolute Gasteiger partial charge is 0.305 e. The lowest BCUT2D eigenvalue weighted by atomic mass is 9.95. The van der Waals surface area contributed by atoms with Gasteiger partial charge in [0, 0.05) is 10.0 Å². The molecule has 0 atom stereocenters. The van der Waals surface area contributed by atoms with Crippen molar-refractivity contribution in [3.63, 3.8) is 0 Å². The van der Waals surface area contributed by atoms with Crippen LogP contribution in [0.3, 0.4) is 0 Å². The van der Waals surface area contributed by atoms with Gasteiger partial charge in [0.25, 0.3) is 0 Å². The minimum absolute atomic E-state index is 0.167. The van der Waals surface area contributed by atoms with E-state index in [4.69, 9.17) is 5.11 Å². The molecule has 0 bridgehead atoms. The Bertz CT molecular complexity index is 651. The molecule has 116 valence electrons. The van der Waals surface area contributed by atoms with Crippen molar-refractivity contribution in [2.45, 2.75) is 49.5 Å². The van der Waals surface area contributed by atoms with E-state index in [9.17, 15) is 13.2 Å². The third-order valence-corrected chi connectivity index (χ3v) is 6.31. The summed E-state index contributed by atoms with van der Waals surface area (Å²) in [6, 6.07) is 4.78. The van der Waals surface area contributed by atoms with Crippen molar-refractivity contribution in [3.8, 4) is 0 Å². The van der Waals surface area contributed by atoms with Crippen LogP contribution in [-0.2, 0) is 14.8 Å². The van der Waals surface area contributed by atoms with Crippen molar-refractivity contribution < 1.29 is 18.3 Å². The van der Waals surface area contributed by atoms with Crippen molar-refractivity contribution >= 4 is 31.9 Å². The third kappa shape index (κ3) is 3.84. The molecule has 0 unspecified atom stereocenters. The number of aryl methyl sites for hydroxylation is 1. The van der Waals surface area contributed by atoms with Crippen molar-refractivity contribution in [2.24, 2.45) is 0 Å². The first kappa shape index (κ1) is 16.5. The molecule has 21 heavy (non-hydrogen) atoms. The first-order valence-electron chi connectivity index (χ1n) is 6.76. The van der Waals surface area contributed by atoms with Crippen LogP contribution in [0.1, 0.15) is 37.7 Å². The summed E-state index contributed by atoms with van der Waals surface area (Å²) >= 11 is 3.33. The fourth-order valence-electron chi connectivity index (χ4n) is 2.78. The predicted molar refractivity (Wildman–Crippen MR) is 82.7 cm³/mol. The van der Waals surface area contributed by atoms with Crippen LogP contribution in [0.15, 0.2) is 27.6 Å². The van der Waals surface area contributed by atoms with Gasteiger partial charge < -0.3 is 5.11 Å². The number of sulfonamides is 1. The summed E-state index contributed by atoms with van der Waals surface area (Å²) in [6.45, 7) is 1.81. The highest BCUT2D eigenvalue weighted by atomic mass is 79.9. The van der Waals surface area contributed by atoms with Crippen LogP contribution in [0.25, 0.3) is 0 Å². The predicted octanol–water partition coefficient (Wildman–Crippen LogP) is 2.82. The molecule has 1 saturated carbocycles. The first-order valence-corrected chi connectivity index (χ1v) is 9.04. The summed E-state index contributed by atoms with van der Waals surface area (Å²) in [5, 5.41) is 9.05. The Morgan fingerprint density at radius 2 is 2.00 bits per heavy atom. The Hall–Kier alpha value is -0.920. The van der Waals surface area contributed by atoms with E-state index in [1.807, 2.05) is 6.92 Å². The fraction of sp³-hybridized carbons (Fsp3) is 0.500. The number of halogens is 1. The highest BCUT2D eigenvalue weighted by Gasteiger charge is 2.39. The zero-order chi connectivity index (χ0) is 15.7. The fourth-order valence-corrected chi connectivity index (χ4v) is 4.57. The van der Waals surface area contributed by atoms with Gasteiger partial charge in [0.15, 0.2) is 0 Å². The summed E-state index contributed by atoms with van der Waals surface area (Å²) in [7, 11) is -3.72. The van der Waals surface area contributed by atoms with Gasteiger partial charge in [-0.25, -0.2) is 13.1 Å². The van der Waals surface area contributed by atoms with Gasteiger partial charge in [-0.05, 0) is 43.5 Å². The van der Waals surface area contributed by atoms with Crippen molar-refractivity contribution in [1.82, 2.24) is 4.72 Å². The highest BCUT2D eigenvalue weighted by Crippen LogP contribution is 2.34. The van der Waals surface area contributed by atoms with Gasteiger partial charge >= 0.3 is 5.97 Å². The average molecular weight is 376 g/mol. The summed E-state index contributed by atoms with van der Waals surface area (Å²) in [6.07, 6.45) is 2.63. The van der Waals surface area contributed by atoms with Gasteiger partial charge in [-0.3, -0.25) is 4.79 Å². The molecule has 0 aromatic heterocycles. The Morgan fingerprint density at radius 1 is 1.38 bits per heavy atom. The maximum atomic E-state index is 12.5. The number of aliphatic carboxylic acids is 1. The number of carboxylic acids is 1. The standard InChI is InChI=1S/C14H18BrNO4S/c1-10-8-11(4-5-12(10)15)21(19,20)16-14(9-13(17)18)6-2-3-7-14/h4-5,8,16H,2-3,6-7,9H2,1H3,(H,17,18). The summed E-state index contributed by atoms with van der Waals surface area (Å²) in [4.78, 5) is 11.2. The van der Waals surface area contributed by atoms with Crippen LogP contribution in [0, 0.1) is 6.92 Å². The van der Waals surface area contributed by atoms with Crippen LogP contribution in [-0.4, -0.2) is 25.0 Å². The Balaban J connectivity index is 2.30. The van der Waals surface area contributed by atoms with E-state index < -0.39 is 21.5 Å². The Morgan fingerprint density at radius 3 is 2.52 bits per heavy atom. The van der Waals surface area contributed by atoms with E-state index in [-0.39, 0.29) is 11.3 Å². The van der Waals surface area contributed by atoms with Crippen molar-refractivity contribution in [2.75, 3.05) is 0 Å². The van der Waals surface area contributed by atoms with Crippen LogP contribution in [0.2, 0.25) is 0 Å². The van der Waals surface area contributed by atoms with E-state index >= 15 is 0 Å². The molecule has 1 aliphatic carbocycles. The van der Waals surface area contributed by atoms with Crippen LogP contribution in [0.5, 0.6) is 0 Å². The monoisotopic (exact) mass is 375 g/mol. The van der Waals surface area contributed by atoms with Gasteiger partial charge in [0.2, 0.25) is 10.0 Å². The van der Waals surface area contributed by atoms with Crippen LogP contribution in [0.4, 0.5) is 0 Å². The lowest BCUT2D eigenvalue weighted by molar-refractivity contribution is -0.138. The van der Waals surface area contributed by atoms with Crippen molar-refractivity contribution in [3.05, 3.63) is 28.2 Å². The number of hydrogen-bond acceptors (Lipinski definition) is 3. The molecule has 1 aromatic rings.